The highest BCUT2D eigenvalue weighted by Crippen LogP contribution is 2.05. The fourth-order valence-corrected chi connectivity index (χ4v) is 2.42. The molecule has 0 saturated heterocycles. The smallest absolute Gasteiger partial charge is 0.328 e. The van der Waals surface area contributed by atoms with Crippen LogP contribution in [0.2, 0.25) is 0 Å². The molecule has 0 aromatic carbocycles. The molecule has 0 spiro atoms. The summed E-state index contributed by atoms with van der Waals surface area (Å²) in [5.41, 5.74) is 10.8. The largest absolute Gasteiger partial charge is 0.481 e. The summed E-state index contributed by atoms with van der Waals surface area (Å²) in [6.07, 6.45) is -3.01. The second-order valence-electron chi connectivity index (χ2n) is 7.56. The molecule has 0 aromatic heterocycles. The Morgan fingerprint density at radius 3 is 1.75 bits per heavy atom. The van der Waals surface area contributed by atoms with E-state index in [1.165, 1.54) is 0 Å². The van der Waals surface area contributed by atoms with Crippen LogP contribution in [-0.4, -0.2) is 81.2 Å². The predicted octanol–water partition coefficient (Wildman–Crippen LogP) is -3.37. The van der Waals surface area contributed by atoms with Gasteiger partial charge in [0, 0.05) is 6.42 Å². The summed E-state index contributed by atoms with van der Waals surface area (Å²) in [5, 5.41) is 34.0. The molecular weight excluding hydrogens is 430 g/mol. The number of carbonyl (C=O) groups excluding carboxylic acids is 4. The van der Waals surface area contributed by atoms with Crippen molar-refractivity contribution in [3.8, 4) is 0 Å². The number of nitrogens with one attached hydrogen (secondary N) is 3. The molecule has 32 heavy (non-hydrogen) atoms. The van der Waals surface area contributed by atoms with Gasteiger partial charge in [0.15, 0.2) is 6.04 Å². The van der Waals surface area contributed by atoms with Gasteiger partial charge in [0.2, 0.25) is 23.6 Å². The van der Waals surface area contributed by atoms with Crippen molar-refractivity contribution in [2.24, 2.45) is 17.4 Å². The number of primary amides is 1. The summed E-state index contributed by atoms with van der Waals surface area (Å²) >= 11 is 0. The summed E-state index contributed by atoms with van der Waals surface area (Å²) in [6, 6.07) is -5.87. The molecule has 0 aliphatic heterocycles. The van der Waals surface area contributed by atoms with Crippen molar-refractivity contribution in [3.63, 3.8) is 0 Å². The summed E-state index contributed by atoms with van der Waals surface area (Å²) in [7, 11) is 0. The van der Waals surface area contributed by atoms with Gasteiger partial charge in [-0.3, -0.25) is 24.0 Å². The van der Waals surface area contributed by atoms with Gasteiger partial charge in [-0.05, 0) is 19.3 Å². The molecule has 0 heterocycles. The van der Waals surface area contributed by atoms with E-state index in [0.29, 0.717) is 0 Å². The number of hydrogen-bond acceptors (Lipinski definition) is 8. The first-order chi connectivity index (χ1) is 14.7. The fraction of sp³-hybridized carbons (Fsp3) is 0.667. The molecule has 0 aliphatic carbocycles. The van der Waals surface area contributed by atoms with Crippen molar-refractivity contribution in [3.05, 3.63) is 0 Å². The van der Waals surface area contributed by atoms with Crippen molar-refractivity contribution in [1.82, 2.24) is 16.0 Å². The van der Waals surface area contributed by atoms with Gasteiger partial charge in [0.05, 0.1) is 18.6 Å². The van der Waals surface area contributed by atoms with E-state index in [9.17, 15) is 33.9 Å². The second kappa shape index (κ2) is 13.2. The lowest BCUT2D eigenvalue weighted by Crippen LogP contribution is -2.59. The third-order valence-electron chi connectivity index (χ3n) is 4.39. The van der Waals surface area contributed by atoms with Crippen LogP contribution in [0.5, 0.6) is 0 Å². The van der Waals surface area contributed by atoms with Crippen LogP contribution < -0.4 is 27.4 Å². The van der Waals surface area contributed by atoms with E-state index in [2.05, 4.69) is 10.6 Å². The first-order valence-electron chi connectivity index (χ1n) is 9.75. The number of nitrogens with two attached hydrogens (primary N) is 2. The van der Waals surface area contributed by atoms with Crippen molar-refractivity contribution in [2.45, 2.75) is 70.3 Å². The molecule has 5 atom stereocenters. The number of aliphatic hydroxyl groups is 1. The number of aliphatic hydroxyl groups excluding tert-OH is 1. The zero-order valence-electron chi connectivity index (χ0n) is 18.0. The van der Waals surface area contributed by atoms with E-state index < -0.39 is 72.3 Å². The maximum Gasteiger partial charge on any atom is 0.328 e. The maximum absolute atomic E-state index is 12.7. The van der Waals surface area contributed by atoms with E-state index in [1.807, 2.05) is 5.32 Å². The summed E-state index contributed by atoms with van der Waals surface area (Å²) in [6.45, 7) is 4.42. The minimum absolute atomic E-state index is 0.259. The standard InChI is InChI=1S/C18H31N5O9/c1-7(2)13(20)17(30)21-9(4-5-11(19)25)15(28)22-10(6-12(26)27)16(29)23-14(8(3)24)18(31)32/h7-10,13-14,24H,4-6,20H2,1-3H3,(H2,19,25)(H,21,30)(H,22,28)(H,23,29)(H,26,27)(H,31,32). The van der Waals surface area contributed by atoms with Gasteiger partial charge in [-0.1, -0.05) is 13.8 Å². The highest BCUT2D eigenvalue weighted by atomic mass is 16.4. The molecule has 4 amide bonds. The van der Waals surface area contributed by atoms with Crippen LogP contribution in [-0.2, 0) is 28.8 Å². The van der Waals surface area contributed by atoms with Crippen LogP contribution in [0.15, 0.2) is 0 Å². The average molecular weight is 461 g/mol. The van der Waals surface area contributed by atoms with Crippen molar-refractivity contribution in [2.75, 3.05) is 0 Å². The Balaban J connectivity index is 5.59. The Kier molecular flexibility index (Phi) is 11.9. The number of carboxylic acids is 2. The van der Waals surface area contributed by atoms with Crippen molar-refractivity contribution >= 4 is 35.6 Å². The quantitative estimate of drug-likeness (QED) is 0.127. The SMILES string of the molecule is CC(C)C(N)C(=O)NC(CCC(N)=O)C(=O)NC(CC(=O)O)C(=O)NC(C(=O)O)C(C)O. The number of amides is 4. The molecule has 14 heteroatoms. The van der Waals surface area contributed by atoms with Crippen LogP contribution in [0.1, 0.15) is 40.0 Å². The van der Waals surface area contributed by atoms with Gasteiger partial charge in [-0.15, -0.1) is 0 Å². The second-order valence-corrected chi connectivity index (χ2v) is 7.56. The van der Waals surface area contributed by atoms with Crippen LogP contribution in [0.3, 0.4) is 0 Å². The van der Waals surface area contributed by atoms with E-state index in [-0.39, 0.29) is 18.8 Å². The molecule has 0 rings (SSSR count). The van der Waals surface area contributed by atoms with Crippen LogP contribution >= 0.6 is 0 Å². The molecule has 182 valence electrons. The van der Waals surface area contributed by atoms with E-state index in [0.717, 1.165) is 6.92 Å². The summed E-state index contributed by atoms with van der Waals surface area (Å²) in [4.78, 5) is 70.7. The van der Waals surface area contributed by atoms with Gasteiger partial charge in [0.1, 0.15) is 12.1 Å². The van der Waals surface area contributed by atoms with Gasteiger partial charge in [-0.2, -0.15) is 0 Å². The Hall–Kier alpha value is -3.26. The molecule has 0 aromatic rings. The Morgan fingerprint density at radius 1 is 0.844 bits per heavy atom. The van der Waals surface area contributed by atoms with Gasteiger partial charge in [0.25, 0.3) is 0 Å². The van der Waals surface area contributed by atoms with Gasteiger partial charge < -0.3 is 42.7 Å². The molecular formula is C18H31N5O9. The van der Waals surface area contributed by atoms with Crippen LogP contribution in [0.4, 0.5) is 0 Å². The molecule has 0 aliphatic rings. The topological polar surface area (TPSA) is 251 Å². The van der Waals surface area contributed by atoms with Gasteiger partial charge >= 0.3 is 11.9 Å². The summed E-state index contributed by atoms with van der Waals surface area (Å²) in [5.74, 6) is -7.05. The third-order valence-corrected chi connectivity index (χ3v) is 4.39. The van der Waals surface area contributed by atoms with Crippen molar-refractivity contribution < 1.29 is 44.1 Å². The van der Waals surface area contributed by atoms with Crippen molar-refractivity contribution in [1.29, 1.82) is 0 Å². The molecule has 14 nitrogen and oxygen atoms in total. The highest BCUT2D eigenvalue weighted by molar-refractivity contribution is 5.95. The lowest BCUT2D eigenvalue weighted by molar-refractivity contribution is -0.146. The summed E-state index contributed by atoms with van der Waals surface area (Å²) < 4.78 is 0. The Labute approximate surface area is 184 Å². The lowest BCUT2D eigenvalue weighted by Gasteiger charge is -2.25. The first-order valence-corrected chi connectivity index (χ1v) is 9.75. The highest BCUT2D eigenvalue weighted by Gasteiger charge is 2.33. The first kappa shape index (κ1) is 28.7. The molecule has 10 N–H and O–H groups in total. The number of carbonyl (C=O) groups is 6. The molecule has 0 radical (unpaired) electrons. The molecule has 0 saturated carbocycles. The normalized spacial score (nSPS) is 15.6. The molecule has 5 unspecified atom stereocenters. The number of carboxylic acid groups (broad SMARTS) is 2. The fourth-order valence-electron chi connectivity index (χ4n) is 2.42. The van der Waals surface area contributed by atoms with E-state index >= 15 is 0 Å². The van der Waals surface area contributed by atoms with Gasteiger partial charge in [-0.25, -0.2) is 4.79 Å². The Bertz CT molecular complexity index is 726. The zero-order valence-corrected chi connectivity index (χ0v) is 18.0. The minimum Gasteiger partial charge on any atom is -0.481 e. The predicted molar refractivity (Wildman–Crippen MR) is 109 cm³/mol. The van der Waals surface area contributed by atoms with Crippen LogP contribution in [0.25, 0.3) is 0 Å². The lowest BCUT2D eigenvalue weighted by atomic mass is 10.0. The minimum atomic E-state index is -1.76. The average Bonchev–Trinajstić information content (AvgIpc) is 2.66. The molecule has 0 bridgehead atoms. The maximum atomic E-state index is 12.7. The number of hydrogen-bond donors (Lipinski definition) is 8. The van der Waals surface area contributed by atoms with Crippen LogP contribution in [0, 0.1) is 5.92 Å². The number of aliphatic carboxylic acids is 2. The Morgan fingerprint density at radius 2 is 1.34 bits per heavy atom. The van der Waals surface area contributed by atoms with E-state index in [1.54, 1.807) is 13.8 Å². The number of rotatable bonds is 14. The third kappa shape index (κ3) is 10.2. The zero-order chi connectivity index (χ0) is 25.2. The van der Waals surface area contributed by atoms with E-state index in [4.69, 9.17) is 21.7 Å². The molecule has 0 fully saturated rings. The monoisotopic (exact) mass is 461 g/mol.